The third kappa shape index (κ3) is 2.43. The molecular formula is C14H15NO2S. The first-order valence-corrected chi connectivity index (χ1v) is 6.54. The zero-order valence-corrected chi connectivity index (χ0v) is 11.5. The maximum absolute atomic E-state index is 10.7. The van der Waals surface area contributed by atoms with Crippen LogP contribution in [0.15, 0.2) is 18.3 Å². The van der Waals surface area contributed by atoms with Crippen molar-refractivity contribution >= 4 is 17.3 Å². The van der Waals surface area contributed by atoms with E-state index in [1.165, 1.54) is 28.0 Å². The molecule has 1 aromatic heterocycles. The Morgan fingerprint density at radius 2 is 2.00 bits per heavy atom. The minimum absolute atomic E-state index is 0.0432. The van der Waals surface area contributed by atoms with Crippen LogP contribution in [0.25, 0.3) is 10.6 Å². The zero-order valence-electron chi connectivity index (χ0n) is 10.7. The van der Waals surface area contributed by atoms with Crippen molar-refractivity contribution < 1.29 is 9.90 Å². The van der Waals surface area contributed by atoms with E-state index in [1.54, 1.807) is 6.20 Å². The highest BCUT2D eigenvalue weighted by Crippen LogP contribution is 2.30. The number of hydrogen-bond donors (Lipinski definition) is 1. The summed E-state index contributed by atoms with van der Waals surface area (Å²) >= 11 is 1.45. The highest BCUT2D eigenvalue weighted by molar-refractivity contribution is 7.15. The molecule has 0 fully saturated rings. The molecule has 0 aliphatic rings. The van der Waals surface area contributed by atoms with Crippen LogP contribution in [0.2, 0.25) is 0 Å². The largest absolute Gasteiger partial charge is 0.481 e. The van der Waals surface area contributed by atoms with E-state index < -0.39 is 5.97 Å². The van der Waals surface area contributed by atoms with Gasteiger partial charge in [0.2, 0.25) is 0 Å². The Balaban J connectivity index is 2.40. The second kappa shape index (κ2) is 4.90. The van der Waals surface area contributed by atoms with Gasteiger partial charge in [0, 0.05) is 16.6 Å². The first kappa shape index (κ1) is 12.8. The van der Waals surface area contributed by atoms with Crippen molar-refractivity contribution in [1.29, 1.82) is 0 Å². The summed E-state index contributed by atoms with van der Waals surface area (Å²) in [5.74, 6) is -0.818. The van der Waals surface area contributed by atoms with Gasteiger partial charge in [-0.2, -0.15) is 0 Å². The van der Waals surface area contributed by atoms with Crippen molar-refractivity contribution in [2.45, 2.75) is 27.2 Å². The smallest absolute Gasteiger partial charge is 0.308 e. The number of hydrogen-bond acceptors (Lipinski definition) is 3. The van der Waals surface area contributed by atoms with E-state index in [1.807, 2.05) is 0 Å². The summed E-state index contributed by atoms with van der Waals surface area (Å²) in [6.45, 7) is 6.26. The summed E-state index contributed by atoms with van der Waals surface area (Å²) in [7, 11) is 0. The summed E-state index contributed by atoms with van der Waals surface area (Å²) < 4.78 is 0. The maximum Gasteiger partial charge on any atom is 0.308 e. The Morgan fingerprint density at radius 1 is 1.28 bits per heavy atom. The van der Waals surface area contributed by atoms with Crippen molar-refractivity contribution in [3.63, 3.8) is 0 Å². The van der Waals surface area contributed by atoms with Gasteiger partial charge < -0.3 is 5.11 Å². The van der Waals surface area contributed by atoms with Crippen molar-refractivity contribution in [3.8, 4) is 10.6 Å². The molecule has 1 aromatic carbocycles. The van der Waals surface area contributed by atoms with E-state index in [2.05, 4.69) is 37.9 Å². The molecule has 2 aromatic rings. The molecular weight excluding hydrogens is 246 g/mol. The SMILES string of the molecule is Cc1ccc(-c2ncc(CC(=O)O)s2)c(C)c1C. The van der Waals surface area contributed by atoms with Crippen LogP contribution in [0.1, 0.15) is 21.6 Å². The van der Waals surface area contributed by atoms with Crippen LogP contribution in [0.3, 0.4) is 0 Å². The summed E-state index contributed by atoms with van der Waals surface area (Å²) in [6, 6.07) is 4.14. The number of benzene rings is 1. The average Bonchev–Trinajstić information content (AvgIpc) is 2.73. The average molecular weight is 261 g/mol. The van der Waals surface area contributed by atoms with Gasteiger partial charge in [0.05, 0.1) is 6.42 Å². The van der Waals surface area contributed by atoms with Crippen LogP contribution >= 0.6 is 11.3 Å². The minimum atomic E-state index is -0.818. The molecule has 1 heterocycles. The van der Waals surface area contributed by atoms with Crippen LogP contribution in [-0.2, 0) is 11.2 Å². The molecule has 0 saturated carbocycles. The molecule has 0 spiro atoms. The van der Waals surface area contributed by atoms with Crippen LogP contribution in [0, 0.1) is 20.8 Å². The Kier molecular flexibility index (Phi) is 3.48. The Bertz CT molecular complexity index is 602. The quantitative estimate of drug-likeness (QED) is 0.921. The standard InChI is InChI=1S/C14H15NO2S/c1-8-4-5-12(10(3)9(8)2)14-15-7-11(18-14)6-13(16)17/h4-5,7H,6H2,1-3H3,(H,16,17). The number of rotatable bonds is 3. The fourth-order valence-electron chi connectivity index (χ4n) is 1.85. The molecule has 0 amide bonds. The monoisotopic (exact) mass is 261 g/mol. The van der Waals surface area contributed by atoms with E-state index >= 15 is 0 Å². The van der Waals surface area contributed by atoms with Gasteiger partial charge in [-0.05, 0) is 37.5 Å². The van der Waals surface area contributed by atoms with E-state index in [-0.39, 0.29) is 6.42 Å². The third-order valence-corrected chi connectivity index (χ3v) is 4.20. The van der Waals surface area contributed by atoms with Crippen molar-refractivity contribution in [2.75, 3.05) is 0 Å². The number of nitrogens with zero attached hydrogens (tertiary/aromatic N) is 1. The van der Waals surface area contributed by atoms with Crippen molar-refractivity contribution in [3.05, 3.63) is 39.9 Å². The Hall–Kier alpha value is -1.68. The number of carbonyl (C=O) groups is 1. The second-order valence-corrected chi connectivity index (χ2v) is 5.50. The molecule has 1 N–H and O–H groups in total. The lowest BCUT2D eigenvalue weighted by Gasteiger charge is -2.08. The molecule has 0 radical (unpaired) electrons. The van der Waals surface area contributed by atoms with E-state index in [0.717, 1.165) is 15.4 Å². The van der Waals surface area contributed by atoms with Gasteiger partial charge in [0.1, 0.15) is 5.01 Å². The van der Waals surface area contributed by atoms with Gasteiger partial charge in [-0.15, -0.1) is 11.3 Å². The maximum atomic E-state index is 10.7. The summed E-state index contributed by atoms with van der Waals surface area (Å²) in [6.07, 6.45) is 1.70. The molecule has 0 saturated heterocycles. The van der Waals surface area contributed by atoms with E-state index in [0.29, 0.717) is 0 Å². The lowest BCUT2D eigenvalue weighted by atomic mass is 9.99. The van der Waals surface area contributed by atoms with Gasteiger partial charge >= 0.3 is 5.97 Å². The fraction of sp³-hybridized carbons (Fsp3) is 0.286. The first-order valence-electron chi connectivity index (χ1n) is 5.72. The molecule has 0 aliphatic carbocycles. The molecule has 18 heavy (non-hydrogen) atoms. The molecule has 0 atom stereocenters. The second-order valence-electron chi connectivity index (χ2n) is 4.38. The Morgan fingerprint density at radius 3 is 2.67 bits per heavy atom. The molecule has 4 heteroatoms. The van der Waals surface area contributed by atoms with Gasteiger partial charge in [0.15, 0.2) is 0 Å². The van der Waals surface area contributed by atoms with Gasteiger partial charge in [-0.3, -0.25) is 4.79 Å². The predicted molar refractivity (Wildman–Crippen MR) is 73.1 cm³/mol. The van der Waals surface area contributed by atoms with Gasteiger partial charge in [-0.1, -0.05) is 12.1 Å². The van der Waals surface area contributed by atoms with Crippen LogP contribution < -0.4 is 0 Å². The van der Waals surface area contributed by atoms with Gasteiger partial charge in [0.25, 0.3) is 0 Å². The number of carboxylic acids is 1. The summed E-state index contributed by atoms with van der Waals surface area (Å²) in [5.41, 5.74) is 4.84. The minimum Gasteiger partial charge on any atom is -0.481 e. The number of aliphatic carboxylic acids is 1. The van der Waals surface area contributed by atoms with Gasteiger partial charge in [-0.25, -0.2) is 4.98 Å². The van der Waals surface area contributed by atoms with Crippen LogP contribution in [-0.4, -0.2) is 16.1 Å². The predicted octanol–water partition coefficient (Wildman–Crippen LogP) is 3.36. The highest BCUT2D eigenvalue weighted by Gasteiger charge is 2.11. The molecule has 94 valence electrons. The number of aromatic nitrogens is 1. The Labute approximate surface area is 110 Å². The summed E-state index contributed by atoms with van der Waals surface area (Å²) in [5, 5.41) is 9.66. The zero-order chi connectivity index (χ0) is 13.3. The number of carboxylic acid groups (broad SMARTS) is 1. The molecule has 0 aliphatic heterocycles. The van der Waals surface area contributed by atoms with E-state index in [4.69, 9.17) is 5.11 Å². The lowest BCUT2D eigenvalue weighted by molar-refractivity contribution is -0.136. The van der Waals surface area contributed by atoms with E-state index in [9.17, 15) is 4.79 Å². The molecule has 2 rings (SSSR count). The number of aryl methyl sites for hydroxylation is 1. The topological polar surface area (TPSA) is 50.2 Å². The summed E-state index contributed by atoms with van der Waals surface area (Å²) in [4.78, 5) is 15.8. The van der Waals surface area contributed by atoms with Crippen molar-refractivity contribution in [1.82, 2.24) is 4.98 Å². The highest BCUT2D eigenvalue weighted by atomic mass is 32.1. The van der Waals surface area contributed by atoms with Crippen molar-refractivity contribution in [2.24, 2.45) is 0 Å². The lowest BCUT2D eigenvalue weighted by Crippen LogP contribution is -1.97. The number of thiazole rings is 1. The third-order valence-electron chi connectivity index (χ3n) is 3.17. The van der Waals surface area contributed by atoms with Crippen LogP contribution in [0.4, 0.5) is 0 Å². The fourth-order valence-corrected chi connectivity index (χ4v) is 2.84. The normalized spacial score (nSPS) is 10.6. The van der Waals surface area contributed by atoms with Crippen LogP contribution in [0.5, 0.6) is 0 Å². The molecule has 0 bridgehead atoms. The first-order chi connectivity index (χ1) is 8.49. The molecule has 0 unspecified atom stereocenters. The molecule has 3 nitrogen and oxygen atoms in total.